The second-order valence-electron chi connectivity index (χ2n) is 5.91. The highest BCUT2D eigenvalue weighted by molar-refractivity contribution is 7.80. The minimum absolute atomic E-state index is 0.00814. The number of hydrogen-bond donors (Lipinski definition) is 2. The Balaban J connectivity index is 2.35. The Bertz CT molecular complexity index is 677. The summed E-state index contributed by atoms with van der Waals surface area (Å²) in [5.41, 5.74) is 1.57. The Hall–Kier alpha value is -1.81. The van der Waals surface area contributed by atoms with E-state index in [1.807, 2.05) is 24.3 Å². The highest BCUT2D eigenvalue weighted by Crippen LogP contribution is 2.29. The number of para-hydroxylation sites is 1. The second-order valence-corrected chi connectivity index (χ2v) is 6.43. The predicted molar refractivity (Wildman–Crippen MR) is 86.7 cm³/mol. The second kappa shape index (κ2) is 5.90. The van der Waals surface area contributed by atoms with Gasteiger partial charge in [-0.25, -0.2) is 4.39 Å². The molecule has 0 aliphatic carbocycles. The lowest BCUT2D eigenvalue weighted by atomic mass is 9.86. The Labute approximate surface area is 129 Å². The van der Waals surface area contributed by atoms with Crippen molar-refractivity contribution >= 4 is 24.2 Å². The van der Waals surface area contributed by atoms with Gasteiger partial charge in [-0.1, -0.05) is 39.0 Å². The summed E-state index contributed by atoms with van der Waals surface area (Å²) < 4.78 is 13.8. The third-order valence-electron chi connectivity index (χ3n) is 3.18. The number of benzene rings is 2. The summed E-state index contributed by atoms with van der Waals surface area (Å²) in [6.07, 6.45) is 0. The van der Waals surface area contributed by atoms with Crippen LogP contribution in [0.2, 0.25) is 0 Å². The number of nitrogens with one attached hydrogen (secondary N) is 1. The number of halogens is 1. The lowest BCUT2D eigenvalue weighted by molar-refractivity contribution is 0.102. The summed E-state index contributed by atoms with van der Waals surface area (Å²) in [5.74, 6) is -1.03. The fourth-order valence-electron chi connectivity index (χ4n) is 2.12. The quantitative estimate of drug-likeness (QED) is 0.776. The van der Waals surface area contributed by atoms with Crippen LogP contribution in [0.25, 0.3) is 0 Å². The third kappa shape index (κ3) is 3.64. The van der Waals surface area contributed by atoms with Gasteiger partial charge in [0, 0.05) is 10.6 Å². The van der Waals surface area contributed by atoms with E-state index in [-0.39, 0.29) is 11.0 Å². The van der Waals surface area contributed by atoms with Crippen molar-refractivity contribution in [1.29, 1.82) is 0 Å². The van der Waals surface area contributed by atoms with Gasteiger partial charge in [0.15, 0.2) is 0 Å². The molecule has 0 atom stereocenters. The third-order valence-corrected chi connectivity index (χ3v) is 3.46. The fraction of sp³-hybridized carbons (Fsp3) is 0.235. The molecule has 2 aromatic carbocycles. The lowest BCUT2D eigenvalue weighted by Crippen LogP contribution is -2.19. The first-order valence-corrected chi connectivity index (χ1v) is 7.13. The van der Waals surface area contributed by atoms with Gasteiger partial charge in [-0.15, -0.1) is 12.6 Å². The molecule has 21 heavy (non-hydrogen) atoms. The van der Waals surface area contributed by atoms with Crippen molar-refractivity contribution in [2.75, 3.05) is 5.32 Å². The molecule has 0 saturated carbocycles. The molecular formula is C17H18FNOS. The number of rotatable bonds is 2. The van der Waals surface area contributed by atoms with Gasteiger partial charge in [-0.2, -0.15) is 0 Å². The monoisotopic (exact) mass is 303 g/mol. The van der Waals surface area contributed by atoms with Crippen LogP contribution in [-0.2, 0) is 5.41 Å². The van der Waals surface area contributed by atoms with E-state index in [4.69, 9.17) is 0 Å². The van der Waals surface area contributed by atoms with Gasteiger partial charge in [0.05, 0.1) is 5.56 Å². The van der Waals surface area contributed by atoms with Crippen LogP contribution in [0, 0.1) is 5.82 Å². The molecule has 1 amide bonds. The first kappa shape index (κ1) is 15.6. The van der Waals surface area contributed by atoms with E-state index >= 15 is 0 Å². The molecule has 2 aromatic rings. The summed E-state index contributed by atoms with van der Waals surface area (Å²) >= 11 is 4.14. The van der Waals surface area contributed by atoms with E-state index in [0.717, 1.165) is 5.56 Å². The van der Waals surface area contributed by atoms with E-state index in [1.165, 1.54) is 18.2 Å². The first-order valence-electron chi connectivity index (χ1n) is 6.68. The van der Waals surface area contributed by atoms with Gasteiger partial charge in [0.1, 0.15) is 5.82 Å². The largest absolute Gasteiger partial charge is 0.322 e. The standard InChI is InChI=1S/C17H18FNOS/c1-17(2,3)13-6-4-5-7-15(13)19-16(20)12-10-11(21)8-9-14(12)18/h4-10,21H,1-3H3,(H,19,20). The summed E-state index contributed by atoms with van der Waals surface area (Å²) in [7, 11) is 0. The fourth-order valence-corrected chi connectivity index (χ4v) is 2.33. The maximum Gasteiger partial charge on any atom is 0.258 e. The van der Waals surface area contributed by atoms with Gasteiger partial charge in [-0.05, 0) is 35.2 Å². The Morgan fingerprint density at radius 3 is 2.48 bits per heavy atom. The molecule has 1 N–H and O–H groups in total. The number of amides is 1. The normalized spacial score (nSPS) is 11.3. The Kier molecular flexibility index (Phi) is 4.37. The summed E-state index contributed by atoms with van der Waals surface area (Å²) in [5, 5.41) is 2.79. The highest BCUT2D eigenvalue weighted by atomic mass is 32.1. The minimum atomic E-state index is -0.557. The number of carbonyl (C=O) groups is 1. The van der Waals surface area contributed by atoms with Gasteiger partial charge in [0.25, 0.3) is 5.91 Å². The molecule has 0 heterocycles. The zero-order valence-electron chi connectivity index (χ0n) is 12.3. The van der Waals surface area contributed by atoms with E-state index in [9.17, 15) is 9.18 Å². The van der Waals surface area contributed by atoms with Gasteiger partial charge < -0.3 is 5.32 Å². The Morgan fingerprint density at radius 1 is 1.14 bits per heavy atom. The molecule has 110 valence electrons. The van der Waals surface area contributed by atoms with Gasteiger partial charge >= 0.3 is 0 Å². The van der Waals surface area contributed by atoms with E-state index in [0.29, 0.717) is 10.6 Å². The van der Waals surface area contributed by atoms with Gasteiger partial charge in [0.2, 0.25) is 0 Å². The van der Waals surface area contributed by atoms with Crippen LogP contribution in [0.1, 0.15) is 36.7 Å². The number of hydrogen-bond acceptors (Lipinski definition) is 2. The van der Waals surface area contributed by atoms with Crippen LogP contribution < -0.4 is 5.32 Å². The zero-order valence-corrected chi connectivity index (χ0v) is 13.2. The van der Waals surface area contributed by atoms with Crippen LogP contribution >= 0.6 is 12.6 Å². The molecule has 0 bridgehead atoms. The topological polar surface area (TPSA) is 29.1 Å². The van der Waals surface area contributed by atoms with E-state index in [1.54, 1.807) is 0 Å². The smallest absolute Gasteiger partial charge is 0.258 e. The van der Waals surface area contributed by atoms with E-state index in [2.05, 4.69) is 38.7 Å². The summed E-state index contributed by atoms with van der Waals surface area (Å²) in [6.45, 7) is 6.19. The van der Waals surface area contributed by atoms with Crippen molar-refractivity contribution in [3.63, 3.8) is 0 Å². The molecular weight excluding hydrogens is 285 g/mol. The molecule has 0 spiro atoms. The van der Waals surface area contributed by atoms with Gasteiger partial charge in [-0.3, -0.25) is 4.79 Å². The molecule has 0 fully saturated rings. The van der Waals surface area contributed by atoms with Crippen LogP contribution in [0.5, 0.6) is 0 Å². The van der Waals surface area contributed by atoms with Crippen LogP contribution in [0.15, 0.2) is 47.4 Å². The van der Waals surface area contributed by atoms with Crippen molar-refractivity contribution in [2.24, 2.45) is 0 Å². The molecule has 0 saturated heterocycles. The van der Waals surface area contributed by atoms with Crippen LogP contribution in [0.3, 0.4) is 0 Å². The molecule has 0 radical (unpaired) electrons. The average molecular weight is 303 g/mol. The van der Waals surface area contributed by atoms with Crippen LogP contribution in [-0.4, -0.2) is 5.91 Å². The molecule has 0 unspecified atom stereocenters. The molecule has 2 rings (SSSR count). The van der Waals surface area contributed by atoms with Crippen molar-refractivity contribution in [2.45, 2.75) is 31.1 Å². The average Bonchev–Trinajstić information content (AvgIpc) is 2.41. The van der Waals surface area contributed by atoms with Crippen molar-refractivity contribution in [3.8, 4) is 0 Å². The molecule has 2 nitrogen and oxygen atoms in total. The number of carbonyl (C=O) groups excluding carboxylic acids is 1. The molecule has 4 heteroatoms. The van der Waals surface area contributed by atoms with E-state index < -0.39 is 11.7 Å². The lowest BCUT2D eigenvalue weighted by Gasteiger charge is -2.23. The Morgan fingerprint density at radius 2 is 1.81 bits per heavy atom. The maximum absolute atomic E-state index is 13.8. The maximum atomic E-state index is 13.8. The van der Waals surface area contributed by atoms with Crippen molar-refractivity contribution in [1.82, 2.24) is 0 Å². The SMILES string of the molecule is CC(C)(C)c1ccccc1NC(=O)c1cc(S)ccc1F. The predicted octanol–water partition coefficient (Wildman–Crippen LogP) is 4.66. The first-order chi connectivity index (χ1) is 9.79. The number of thiol groups is 1. The molecule has 0 aliphatic heterocycles. The van der Waals surface area contributed by atoms with Crippen molar-refractivity contribution in [3.05, 3.63) is 59.4 Å². The molecule has 0 aliphatic rings. The summed E-state index contributed by atoms with van der Waals surface area (Å²) in [6, 6.07) is 11.7. The molecule has 0 aromatic heterocycles. The van der Waals surface area contributed by atoms with Crippen LogP contribution in [0.4, 0.5) is 10.1 Å². The van der Waals surface area contributed by atoms with Crippen molar-refractivity contribution < 1.29 is 9.18 Å². The number of anilines is 1. The highest BCUT2D eigenvalue weighted by Gasteiger charge is 2.20. The zero-order chi connectivity index (χ0) is 15.6. The summed E-state index contributed by atoms with van der Waals surface area (Å²) in [4.78, 5) is 12.8. The minimum Gasteiger partial charge on any atom is -0.322 e.